The van der Waals surface area contributed by atoms with Gasteiger partial charge in [0, 0.05) is 11.6 Å². The quantitative estimate of drug-likeness (QED) is 0.488. The molecule has 0 aliphatic rings. The van der Waals surface area contributed by atoms with Crippen molar-refractivity contribution in [3.63, 3.8) is 0 Å². The van der Waals surface area contributed by atoms with Crippen LogP contribution in [0.4, 0.5) is 18.9 Å². The van der Waals surface area contributed by atoms with Crippen LogP contribution >= 0.6 is 0 Å². The number of benzene rings is 1. The number of nitrogen functional groups attached to an aromatic ring is 1. The minimum Gasteiger partial charge on any atom is -0.384 e. The minimum atomic E-state index is -4.76. The van der Waals surface area contributed by atoms with Gasteiger partial charge in [0.15, 0.2) is 0 Å². The highest BCUT2D eigenvalue weighted by Gasteiger charge is 2.34. The molecule has 0 saturated heterocycles. The van der Waals surface area contributed by atoms with Crippen LogP contribution < -0.4 is 15.2 Å². The van der Waals surface area contributed by atoms with Gasteiger partial charge in [-0.25, -0.2) is 0 Å². The number of rotatable bonds is 5. The standard InChI is InChI=1S/C11H15F3N4O2S/c1-6(2)17-21(19,20)18-7-3-4-8(10(15)16)9(5-7)11(12,13)14/h3-6,17-18H,1-2H3,(H3,15,16). The predicted molar refractivity (Wildman–Crippen MR) is 73.3 cm³/mol. The van der Waals surface area contributed by atoms with Gasteiger partial charge >= 0.3 is 6.18 Å². The highest BCUT2D eigenvalue weighted by atomic mass is 32.2. The van der Waals surface area contributed by atoms with Crippen molar-refractivity contribution >= 4 is 21.7 Å². The maximum absolute atomic E-state index is 12.9. The van der Waals surface area contributed by atoms with Crippen molar-refractivity contribution in [3.05, 3.63) is 29.3 Å². The maximum Gasteiger partial charge on any atom is 0.417 e. The summed E-state index contributed by atoms with van der Waals surface area (Å²) >= 11 is 0. The Morgan fingerprint density at radius 1 is 1.33 bits per heavy atom. The topological polar surface area (TPSA) is 108 Å². The van der Waals surface area contributed by atoms with Crippen molar-refractivity contribution in [3.8, 4) is 0 Å². The summed E-state index contributed by atoms with van der Waals surface area (Å²) in [7, 11) is -3.98. The zero-order valence-electron chi connectivity index (χ0n) is 11.2. The van der Waals surface area contributed by atoms with E-state index < -0.39 is 39.4 Å². The van der Waals surface area contributed by atoms with E-state index in [1.807, 2.05) is 4.72 Å². The summed E-state index contributed by atoms with van der Waals surface area (Å²) < 4.78 is 66.1. The second kappa shape index (κ2) is 5.90. The van der Waals surface area contributed by atoms with Gasteiger partial charge in [0.1, 0.15) is 5.84 Å². The largest absolute Gasteiger partial charge is 0.417 e. The van der Waals surface area contributed by atoms with E-state index in [2.05, 4.69) is 4.72 Å². The fourth-order valence-corrected chi connectivity index (χ4v) is 2.69. The van der Waals surface area contributed by atoms with E-state index in [4.69, 9.17) is 11.1 Å². The Morgan fingerprint density at radius 2 is 1.90 bits per heavy atom. The zero-order valence-corrected chi connectivity index (χ0v) is 12.1. The van der Waals surface area contributed by atoms with Crippen LogP contribution in [0.1, 0.15) is 25.0 Å². The highest BCUT2D eigenvalue weighted by molar-refractivity contribution is 7.90. The lowest BCUT2D eigenvalue weighted by Gasteiger charge is -2.16. The van der Waals surface area contributed by atoms with E-state index in [9.17, 15) is 21.6 Å². The third kappa shape index (κ3) is 4.90. The van der Waals surface area contributed by atoms with Gasteiger partial charge < -0.3 is 5.73 Å². The van der Waals surface area contributed by atoms with Gasteiger partial charge in [-0.05, 0) is 32.0 Å². The fourth-order valence-electron chi connectivity index (χ4n) is 1.57. The van der Waals surface area contributed by atoms with Crippen LogP contribution in [0.2, 0.25) is 0 Å². The Hall–Kier alpha value is -1.81. The lowest BCUT2D eigenvalue weighted by molar-refractivity contribution is -0.137. The maximum atomic E-state index is 12.9. The number of hydrogen-bond donors (Lipinski definition) is 4. The summed E-state index contributed by atoms with van der Waals surface area (Å²) in [4.78, 5) is 0. The second-order valence-corrected chi connectivity index (χ2v) is 6.00. The Morgan fingerprint density at radius 3 is 2.33 bits per heavy atom. The summed E-state index contributed by atoms with van der Waals surface area (Å²) in [5.41, 5.74) is 3.12. The molecule has 10 heteroatoms. The smallest absolute Gasteiger partial charge is 0.384 e. The number of halogens is 3. The molecule has 118 valence electrons. The summed E-state index contributed by atoms with van der Waals surface area (Å²) in [5.74, 6) is -0.753. The van der Waals surface area contributed by atoms with Crippen LogP contribution in [0.25, 0.3) is 0 Å². The van der Waals surface area contributed by atoms with Gasteiger partial charge in [-0.2, -0.15) is 26.3 Å². The van der Waals surface area contributed by atoms with Crippen molar-refractivity contribution in [1.82, 2.24) is 4.72 Å². The second-order valence-electron chi connectivity index (χ2n) is 4.55. The Balaban J connectivity index is 3.21. The van der Waals surface area contributed by atoms with Gasteiger partial charge in [0.25, 0.3) is 10.2 Å². The van der Waals surface area contributed by atoms with Crippen molar-refractivity contribution in [2.24, 2.45) is 5.73 Å². The number of amidine groups is 1. The molecule has 0 unspecified atom stereocenters. The van der Waals surface area contributed by atoms with E-state index in [1.165, 1.54) is 0 Å². The zero-order chi connectivity index (χ0) is 16.4. The van der Waals surface area contributed by atoms with Crippen LogP contribution in [0.3, 0.4) is 0 Å². The lowest BCUT2D eigenvalue weighted by Crippen LogP contribution is -2.35. The number of alkyl halides is 3. The summed E-state index contributed by atoms with van der Waals surface area (Å²) in [6.07, 6.45) is -4.76. The van der Waals surface area contributed by atoms with Gasteiger partial charge in [0.2, 0.25) is 0 Å². The number of nitrogens with one attached hydrogen (secondary N) is 3. The molecule has 1 aromatic carbocycles. The van der Waals surface area contributed by atoms with E-state index in [1.54, 1.807) is 13.8 Å². The normalized spacial score (nSPS) is 12.5. The van der Waals surface area contributed by atoms with Gasteiger partial charge in [-0.3, -0.25) is 10.1 Å². The number of nitrogens with two attached hydrogens (primary N) is 1. The van der Waals surface area contributed by atoms with Crippen LogP contribution in [-0.4, -0.2) is 20.3 Å². The molecular weight excluding hydrogens is 309 g/mol. The molecule has 0 fully saturated rings. The van der Waals surface area contributed by atoms with Gasteiger partial charge in [-0.1, -0.05) is 0 Å². The fraction of sp³-hybridized carbons (Fsp3) is 0.364. The summed E-state index contributed by atoms with van der Waals surface area (Å²) in [6.45, 7) is 3.14. The third-order valence-corrected chi connectivity index (χ3v) is 3.54. The molecule has 1 aromatic rings. The lowest BCUT2D eigenvalue weighted by atomic mass is 10.1. The molecule has 0 amide bonds. The molecule has 0 heterocycles. The van der Waals surface area contributed by atoms with Gasteiger partial charge in [0.05, 0.1) is 11.3 Å². The first kappa shape index (κ1) is 17.2. The van der Waals surface area contributed by atoms with Crippen LogP contribution in [-0.2, 0) is 16.4 Å². The Bertz CT molecular complexity index is 641. The van der Waals surface area contributed by atoms with Crippen LogP contribution in [0.5, 0.6) is 0 Å². The van der Waals surface area contributed by atoms with E-state index in [0.29, 0.717) is 6.07 Å². The molecule has 21 heavy (non-hydrogen) atoms. The Labute approximate surface area is 120 Å². The number of anilines is 1. The van der Waals surface area contributed by atoms with Crippen molar-refractivity contribution in [1.29, 1.82) is 5.41 Å². The van der Waals surface area contributed by atoms with E-state index in [-0.39, 0.29) is 5.69 Å². The molecule has 5 N–H and O–H groups in total. The Kier molecular flexibility index (Phi) is 4.84. The van der Waals surface area contributed by atoms with E-state index in [0.717, 1.165) is 12.1 Å². The first-order chi connectivity index (χ1) is 9.42. The van der Waals surface area contributed by atoms with Crippen LogP contribution in [0.15, 0.2) is 18.2 Å². The summed E-state index contributed by atoms with van der Waals surface area (Å²) in [5, 5.41) is 7.13. The number of hydrogen-bond acceptors (Lipinski definition) is 3. The average Bonchev–Trinajstić information content (AvgIpc) is 2.24. The molecule has 1 rings (SSSR count). The molecule has 0 aliphatic carbocycles. The molecule has 0 radical (unpaired) electrons. The molecule has 0 aromatic heterocycles. The molecule has 0 bridgehead atoms. The van der Waals surface area contributed by atoms with Crippen LogP contribution in [0, 0.1) is 5.41 Å². The third-order valence-electron chi connectivity index (χ3n) is 2.26. The molecular formula is C11H15F3N4O2S. The van der Waals surface area contributed by atoms with Crippen molar-refractivity contribution in [2.75, 3.05) is 4.72 Å². The van der Waals surface area contributed by atoms with Crippen molar-refractivity contribution in [2.45, 2.75) is 26.1 Å². The van der Waals surface area contributed by atoms with E-state index >= 15 is 0 Å². The van der Waals surface area contributed by atoms with Gasteiger partial charge in [-0.15, -0.1) is 0 Å². The van der Waals surface area contributed by atoms with Crippen molar-refractivity contribution < 1.29 is 21.6 Å². The molecule has 0 saturated carbocycles. The molecule has 0 atom stereocenters. The molecule has 0 aliphatic heterocycles. The highest BCUT2D eigenvalue weighted by Crippen LogP contribution is 2.33. The SMILES string of the molecule is CC(C)NS(=O)(=O)Nc1ccc(C(=N)N)c(C(F)(F)F)c1. The monoisotopic (exact) mass is 324 g/mol. The average molecular weight is 324 g/mol. The first-order valence-corrected chi connectivity index (χ1v) is 7.26. The summed E-state index contributed by atoms with van der Waals surface area (Å²) in [6, 6.07) is 2.22. The molecule has 6 nitrogen and oxygen atoms in total. The first-order valence-electron chi connectivity index (χ1n) is 5.78. The minimum absolute atomic E-state index is 0.277. The molecule has 0 spiro atoms. The predicted octanol–water partition coefficient (Wildman–Crippen LogP) is 1.64.